The number of aliphatic hydroxyl groups is 1. The maximum absolute atomic E-state index is 11.8. The van der Waals surface area contributed by atoms with Crippen LogP contribution in [-0.2, 0) is 22.5 Å². The minimum Gasteiger partial charge on any atom is -0.480 e. The fourth-order valence-corrected chi connectivity index (χ4v) is 2.09. The average molecular weight is 250 g/mol. The van der Waals surface area contributed by atoms with E-state index >= 15 is 0 Å². The van der Waals surface area contributed by atoms with E-state index in [-0.39, 0.29) is 17.2 Å². The maximum atomic E-state index is 11.8. The average Bonchev–Trinajstić information content (AvgIpc) is 2.37. The van der Waals surface area contributed by atoms with E-state index in [0.717, 1.165) is 12.8 Å². The Morgan fingerprint density at radius 2 is 2.33 bits per heavy atom. The molecule has 0 radical (unpaired) electrons. The van der Waals surface area contributed by atoms with Crippen molar-refractivity contribution in [2.45, 2.75) is 32.7 Å². The predicted octanol–water partition coefficient (Wildman–Crippen LogP) is -1.26. The van der Waals surface area contributed by atoms with Gasteiger partial charge in [-0.05, 0) is 19.8 Å². The zero-order chi connectivity index (χ0) is 13.1. The Morgan fingerprint density at radius 1 is 1.56 bits per heavy atom. The molecular formula is C12H14N2O4. The minimum atomic E-state index is -0.646. The number of ether oxygens (including phenoxy) is 1. The third kappa shape index (κ3) is 2.02. The molecule has 2 heterocycles. The Kier molecular flexibility index (Phi) is 3.48. The third-order valence-electron chi connectivity index (χ3n) is 2.89. The largest absolute Gasteiger partial charge is 0.480 e. The van der Waals surface area contributed by atoms with Gasteiger partial charge in [-0.2, -0.15) is 4.98 Å². The summed E-state index contributed by atoms with van der Waals surface area (Å²) in [4.78, 5) is 26.8. The smallest absolute Gasteiger partial charge is 0.293 e. The molecule has 2 rings (SSSR count). The topological polar surface area (TPSA) is 81.4 Å². The first-order valence-corrected chi connectivity index (χ1v) is 5.90. The van der Waals surface area contributed by atoms with Crippen molar-refractivity contribution in [3.05, 3.63) is 26.7 Å². The minimum absolute atomic E-state index is 0.0238. The van der Waals surface area contributed by atoms with Crippen molar-refractivity contribution >= 4 is 11.9 Å². The van der Waals surface area contributed by atoms with Gasteiger partial charge in [-0.3, -0.25) is 4.79 Å². The highest BCUT2D eigenvalue weighted by Crippen LogP contribution is 2.06. The molecule has 0 aromatic carbocycles. The number of hydrogen-bond acceptors (Lipinski definition) is 5. The van der Waals surface area contributed by atoms with Gasteiger partial charge in [-0.25, -0.2) is 4.79 Å². The first-order chi connectivity index (χ1) is 8.69. The molecule has 1 aliphatic heterocycles. The zero-order valence-electron chi connectivity index (χ0n) is 10.1. The van der Waals surface area contributed by atoms with Crippen molar-refractivity contribution in [1.29, 1.82) is 0 Å². The van der Waals surface area contributed by atoms with Crippen LogP contribution >= 0.6 is 0 Å². The molecule has 0 spiro atoms. The molecule has 0 saturated heterocycles. The second-order valence-corrected chi connectivity index (χ2v) is 4.01. The molecule has 1 N–H and O–H groups in total. The molecular weight excluding hydrogens is 236 g/mol. The van der Waals surface area contributed by atoms with Crippen LogP contribution in [0, 0.1) is 0 Å². The van der Waals surface area contributed by atoms with Crippen molar-refractivity contribution in [3.63, 3.8) is 0 Å². The van der Waals surface area contributed by atoms with Crippen LogP contribution in [0.3, 0.4) is 0 Å². The van der Waals surface area contributed by atoms with E-state index in [1.165, 1.54) is 0 Å². The fourth-order valence-electron chi connectivity index (χ4n) is 2.09. The van der Waals surface area contributed by atoms with Crippen molar-refractivity contribution in [2.75, 3.05) is 6.61 Å². The molecule has 1 aliphatic rings. The van der Waals surface area contributed by atoms with Gasteiger partial charge in [0.1, 0.15) is 11.2 Å². The van der Waals surface area contributed by atoms with Crippen molar-refractivity contribution in [2.24, 2.45) is 0 Å². The van der Waals surface area contributed by atoms with Crippen molar-refractivity contribution in [1.82, 2.24) is 9.55 Å². The SMILES string of the molecule is CCO/C(O)=c1\c(=O)nc2n(c1=C=O)CCCC2. The number of aliphatic hydroxyl groups excluding tert-OH is 1. The van der Waals surface area contributed by atoms with Gasteiger partial charge < -0.3 is 14.4 Å². The van der Waals surface area contributed by atoms with Crippen LogP contribution in [-0.4, -0.2) is 27.2 Å². The van der Waals surface area contributed by atoms with E-state index in [1.54, 1.807) is 17.4 Å². The highest BCUT2D eigenvalue weighted by molar-refractivity contribution is 5.46. The van der Waals surface area contributed by atoms with Crippen LogP contribution in [0.2, 0.25) is 0 Å². The summed E-state index contributed by atoms with van der Waals surface area (Å²) in [5.41, 5.74) is -0.646. The number of fused-ring (bicyclic) bond motifs is 1. The van der Waals surface area contributed by atoms with E-state index < -0.39 is 11.5 Å². The molecule has 6 heteroatoms. The number of carbonyl (C=O) groups excluding carboxylic acids is 1. The lowest BCUT2D eigenvalue weighted by Crippen LogP contribution is -2.51. The summed E-state index contributed by atoms with van der Waals surface area (Å²) in [5, 5.41) is 9.50. The summed E-state index contributed by atoms with van der Waals surface area (Å²) in [6.45, 7) is 2.47. The van der Waals surface area contributed by atoms with Crippen LogP contribution in [0.5, 0.6) is 0 Å². The van der Waals surface area contributed by atoms with Gasteiger partial charge in [-0.1, -0.05) is 0 Å². The normalized spacial score (nSPS) is 15.6. The quantitative estimate of drug-likeness (QED) is 0.708. The molecule has 0 saturated carbocycles. The number of nitrogens with zero attached hydrogens (tertiary/aromatic N) is 2. The summed E-state index contributed by atoms with van der Waals surface area (Å²) in [6.07, 6.45) is 2.49. The van der Waals surface area contributed by atoms with Crippen LogP contribution in [0.25, 0.3) is 5.95 Å². The van der Waals surface area contributed by atoms with Crippen LogP contribution in [0.15, 0.2) is 4.79 Å². The highest BCUT2D eigenvalue weighted by atomic mass is 16.6. The molecule has 1 aromatic rings. The van der Waals surface area contributed by atoms with Crippen molar-refractivity contribution in [3.8, 4) is 0 Å². The second kappa shape index (κ2) is 5.06. The van der Waals surface area contributed by atoms with E-state index in [0.29, 0.717) is 18.8 Å². The van der Waals surface area contributed by atoms with E-state index in [4.69, 9.17) is 4.74 Å². The standard InChI is InChI=1S/C12H14N2O4/c1-2-18-12(17)10-8(7-15)14-6-4-3-5-9(14)13-11(10)16/h17H,2-6H2,1H3/b12-10-. The van der Waals surface area contributed by atoms with Gasteiger partial charge in [0, 0.05) is 13.0 Å². The lowest BCUT2D eigenvalue weighted by atomic mass is 10.1. The van der Waals surface area contributed by atoms with Gasteiger partial charge in [0.25, 0.3) is 11.5 Å². The molecule has 0 aliphatic carbocycles. The van der Waals surface area contributed by atoms with E-state index in [9.17, 15) is 14.7 Å². The Bertz CT molecular complexity index is 656. The van der Waals surface area contributed by atoms with Crippen molar-refractivity contribution < 1.29 is 14.6 Å². The fraction of sp³-hybridized carbons (Fsp3) is 0.500. The van der Waals surface area contributed by atoms with Gasteiger partial charge in [-0.15, -0.1) is 0 Å². The van der Waals surface area contributed by atoms with Gasteiger partial charge in [0.15, 0.2) is 11.2 Å². The summed E-state index contributed by atoms with van der Waals surface area (Å²) in [5.74, 6) is 1.72. The number of rotatable bonds is 2. The first-order valence-electron chi connectivity index (χ1n) is 5.90. The molecule has 0 bridgehead atoms. The Labute approximate surface area is 103 Å². The summed E-state index contributed by atoms with van der Waals surface area (Å²) in [6, 6.07) is 0. The van der Waals surface area contributed by atoms with Crippen LogP contribution < -0.4 is 16.1 Å². The summed E-state index contributed by atoms with van der Waals surface area (Å²) in [7, 11) is 0. The van der Waals surface area contributed by atoms with Gasteiger partial charge in [0.2, 0.25) is 0 Å². The number of aryl methyl sites for hydroxylation is 1. The van der Waals surface area contributed by atoms with Gasteiger partial charge in [0.05, 0.1) is 6.61 Å². The lowest BCUT2D eigenvalue weighted by Gasteiger charge is -2.17. The molecule has 0 atom stereocenters. The molecule has 0 amide bonds. The van der Waals surface area contributed by atoms with E-state index in [2.05, 4.69) is 4.98 Å². The molecule has 0 unspecified atom stereocenters. The Morgan fingerprint density at radius 3 is 3.00 bits per heavy atom. The molecule has 0 fully saturated rings. The molecule has 6 nitrogen and oxygen atoms in total. The highest BCUT2D eigenvalue weighted by Gasteiger charge is 2.15. The van der Waals surface area contributed by atoms with Crippen LogP contribution in [0.4, 0.5) is 0 Å². The Balaban J connectivity index is 2.88. The lowest BCUT2D eigenvalue weighted by molar-refractivity contribution is 0.189. The molecule has 96 valence electrons. The maximum Gasteiger partial charge on any atom is 0.293 e. The third-order valence-corrected chi connectivity index (χ3v) is 2.89. The predicted molar refractivity (Wildman–Crippen MR) is 63.1 cm³/mol. The molecule has 18 heavy (non-hydrogen) atoms. The van der Waals surface area contributed by atoms with E-state index in [1.807, 2.05) is 0 Å². The second-order valence-electron chi connectivity index (χ2n) is 4.01. The zero-order valence-corrected chi connectivity index (χ0v) is 10.1. The van der Waals surface area contributed by atoms with Crippen LogP contribution in [0.1, 0.15) is 25.6 Å². The number of hydrogen-bond donors (Lipinski definition) is 1. The molecule has 1 aromatic heterocycles. The Hall–Kier alpha value is -2.07. The first kappa shape index (κ1) is 12.4. The number of aromatic nitrogens is 2. The van der Waals surface area contributed by atoms with Gasteiger partial charge >= 0.3 is 0 Å². The summed E-state index contributed by atoms with van der Waals surface area (Å²) < 4.78 is 6.51. The summed E-state index contributed by atoms with van der Waals surface area (Å²) >= 11 is 0. The monoisotopic (exact) mass is 250 g/mol.